The monoisotopic (exact) mass is 420 g/mol. The molecule has 1 fully saturated rings. The summed E-state index contributed by atoms with van der Waals surface area (Å²) in [6.45, 7) is 4.91. The summed E-state index contributed by atoms with van der Waals surface area (Å²) in [7, 11) is 1.75. The fourth-order valence-corrected chi connectivity index (χ4v) is 4.24. The Kier molecular flexibility index (Phi) is 13.3. The lowest BCUT2D eigenvalue weighted by Crippen LogP contribution is -2.32. The van der Waals surface area contributed by atoms with Gasteiger partial charge in [0.25, 0.3) is 0 Å². The van der Waals surface area contributed by atoms with Crippen LogP contribution in [-0.2, 0) is 27.1 Å². The van der Waals surface area contributed by atoms with E-state index < -0.39 is 0 Å². The number of unbranched alkanes of at least 4 members (excludes halogenated alkanes) is 2. The van der Waals surface area contributed by atoms with E-state index in [1.807, 2.05) is 0 Å². The Balaban J connectivity index is 1.58. The number of methoxy groups -OCH3 is 1. The average molecular weight is 421 g/mol. The highest BCUT2D eigenvalue weighted by Gasteiger charge is 2.22. The summed E-state index contributed by atoms with van der Waals surface area (Å²) in [6.07, 6.45) is 12.3. The van der Waals surface area contributed by atoms with Gasteiger partial charge in [0.05, 0.1) is 13.2 Å². The van der Waals surface area contributed by atoms with E-state index >= 15 is 0 Å². The fraction of sp³-hybridized carbons (Fsp3) is 0.769. The van der Waals surface area contributed by atoms with Crippen molar-refractivity contribution in [1.29, 1.82) is 0 Å². The van der Waals surface area contributed by atoms with Crippen LogP contribution in [0.2, 0.25) is 0 Å². The molecule has 0 aromatic heterocycles. The minimum absolute atomic E-state index is 0.0512. The third kappa shape index (κ3) is 10.4. The van der Waals surface area contributed by atoms with Gasteiger partial charge in [0.15, 0.2) is 6.29 Å². The van der Waals surface area contributed by atoms with E-state index in [0.717, 1.165) is 64.8 Å². The van der Waals surface area contributed by atoms with Crippen molar-refractivity contribution in [2.75, 3.05) is 33.5 Å². The molecule has 1 saturated heterocycles. The van der Waals surface area contributed by atoms with Crippen molar-refractivity contribution in [3.05, 3.63) is 35.4 Å². The van der Waals surface area contributed by atoms with E-state index in [-0.39, 0.29) is 12.9 Å². The van der Waals surface area contributed by atoms with Crippen molar-refractivity contribution in [3.8, 4) is 0 Å². The van der Waals surface area contributed by atoms with Gasteiger partial charge in [0, 0.05) is 26.2 Å². The Morgan fingerprint density at radius 3 is 2.23 bits per heavy atom. The smallest absolute Gasteiger partial charge is 0.157 e. The minimum atomic E-state index is -0.0512. The summed E-state index contributed by atoms with van der Waals surface area (Å²) in [5, 5.41) is 9.02. The van der Waals surface area contributed by atoms with Gasteiger partial charge in [-0.2, -0.15) is 0 Å². The molecule has 1 atom stereocenters. The first-order valence-electron chi connectivity index (χ1n) is 12.2. The summed E-state index contributed by atoms with van der Waals surface area (Å²) in [5.74, 6) is 1.02. The maximum Gasteiger partial charge on any atom is 0.157 e. The zero-order chi connectivity index (χ0) is 21.4. The standard InChI is InChI=1S/C26H44O4/c1-3-4-5-8-22-12-14-23(15-13-22)16-17-25-20-29-26(30-21-25)11-6-9-24(19-28-2)10-7-18-27/h12-15,24-27H,3-11,16-21H2,1-2H3. The molecular formula is C26H44O4. The Morgan fingerprint density at radius 1 is 0.933 bits per heavy atom. The zero-order valence-corrected chi connectivity index (χ0v) is 19.3. The van der Waals surface area contributed by atoms with Crippen LogP contribution in [0.5, 0.6) is 0 Å². The topological polar surface area (TPSA) is 47.9 Å². The quantitative estimate of drug-likeness (QED) is 0.356. The maximum atomic E-state index is 9.02. The molecule has 1 aliphatic heterocycles. The van der Waals surface area contributed by atoms with Gasteiger partial charge in [-0.05, 0) is 74.8 Å². The summed E-state index contributed by atoms with van der Waals surface area (Å²) in [4.78, 5) is 0. The van der Waals surface area contributed by atoms with Crippen LogP contribution >= 0.6 is 0 Å². The van der Waals surface area contributed by atoms with Gasteiger partial charge in [0.1, 0.15) is 0 Å². The van der Waals surface area contributed by atoms with E-state index in [1.165, 1.54) is 36.8 Å². The Labute approximate surface area is 184 Å². The predicted molar refractivity (Wildman–Crippen MR) is 123 cm³/mol. The Bertz CT molecular complexity index is 522. The second-order valence-electron chi connectivity index (χ2n) is 8.89. The number of hydrogen-bond acceptors (Lipinski definition) is 4. The highest BCUT2D eigenvalue weighted by atomic mass is 16.7. The van der Waals surface area contributed by atoms with Crippen molar-refractivity contribution in [2.24, 2.45) is 11.8 Å². The molecule has 1 aromatic carbocycles. The van der Waals surface area contributed by atoms with Gasteiger partial charge in [-0.1, -0.05) is 44.0 Å². The van der Waals surface area contributed by atoms with Crippen LogP contribution in [0.3, 0.4) is 0 Å². The third-order valence-electron chi connectivity index (χ3n) is 6.19. The number of benzene rings is 1. The highest BCUT2D eigenvalue weighted by molar-refractivity contribution is 5.22. The van der Waals surface area contributed by atoms with Crippen LogP contribution in [0.1, 0.15) is 75.8 Å². The number of hydrogen-bond donors (Lipinski definition) is 1. The van der Waals surface area contributed by atoms with Crippen LogP contribution in [0.15, 0.2) is 24.3 Å². The third-order valence-corrected chi connectivity index (χ3v) is 6.19. The van der Waals surface area contributed by atoms with Gasteiger partial charge >= 0.3 is 0 Å². The molecule has 4 nitrogen and oxygen atoms in total. The summed E-state index contributed by atoms with van der Waals surface area (Å²) in [6, 6.07) is 9.18. The number of aliphatic hydroxyl groups excluding tert-OH is 1. The molecule has 30 heavy (non-hydrogen) atoms. The first kappa shape index (κ1) is 25.3. The van der Waals surface area contributed by atoms with Gasteiger partial charge in [0.2, 0.25) is 0 Å². The molecule has 0 radical (unpaired) electrons. The van der Waals surface area contributed by atoms with Crippen molar-refractivity contribution in [1.82, 2.24) is 0 Å². The molecule has 1 heterocycles. The lowest BCUT2D eigenvalue weighted by molar-refractivity contribution is -0.204. The fourth-order valence-electron chi connectivity index (χ4n) is 4.24. The second-order valence-corrected chi connectivity index (χ2v) is 8.89. The van der Waals surface area contributed by atoms with E-state index in [0.29, 0.717) is 11.8 Å². The van der Waals surface area contributed by atoms with Crippen molar-refractivity contribution in [3.63, 3.8) is 0 Å². The Hall–Kier alpha value is -0.940. The molecule has 0 saturated carbocycles. The molecule has 2 rings (SSSR count). The highest BCUT2D eigenvalue weighted by Crippen LogP contribution is 2.22. The molecule has 0 aliphatic carbocycles. The van der Waals surface area contributed by atoms with Crippen molar-refractivity contribution < 1.29 is 19.3 Å². The number of ether oxygens (including phenoxy) is 3. The molecule has 1 aromatic rings. The number of aliphatic hydroxyl groups is 1. The average Bonchev–Trinajstić information content (AvgIpc) is 2.78. The summed E-state index contributed by atoms with van der Waals surface area (Å²) < 4.78 is 17.3. The van der Waals surface area contributed by atoms with Crippen LogP contribution in [0, 0.1) is 11.8 Å². The zero-order valence-electron chi connectivity index (χ0n) is 19.3. The van der Waals surface area contributed by atoms with Crippen LogP contribution < -0.4 is 0 Å². The van der Waals surface area contributed by atoms with E-state index in [1.54, 1.807) is 7.11 Å². The van der Waals surface area contributed by atoms with Crippen LogP contribution in [0.25, 0.3) is 0 Å². The molecular weight excluding hydrogens is 376 g/mol. The van der Waals surface area contributed by atoms with Crippen LogP contribution in [-0.4, -0.2) is 44.9 Å². The van der Waals surface area contributed by atoms with Gasteiger partial charge in [-0.25, -0.2) is 0 Å². The molecule has 0 spiro atoms. The maximum absolute atomic E-state index is 9.02. The molecule has 172 valence electrons. The Morgan fingerprint density at radius 2 is 1.60 bits per heavy atom. The normalized spacial score (nSPS) is 20.4. The van der Waals surface area contributed by atoms with Gasteiger partial charge in [-0.15, -0.1) is 0 Å². The SMILES string of the molecule is CCCCCc1ccc(CCC2COC(CCCC(CCCO)COC)OC2)cc1. The minimum Gasteiger partial charge on any atom is -0.396 e. The largest absolute Gasteiger partial charge is 0.396 e. The molecule has 1 aliphatic rings. The first-order valence-corrected chi connectivity index (χ1v) is 12.2. The number of aryl methyl sites for hydroxylation is 2. The van der Waals surface area contributed by atoms with E-state index in [4.69, 9.17) is 19.3 Å². The van der Waals surface area contributed by atoms with Crippen molar-refractivity contribution >= 4 is 0 Å². The van der Waals surface area contributed by atoms with E-state index in [9.17, 15) is 0 Å². The molecule has 4 heteroatoms. The number of rotatable bonds is 16. The molecule has 0 amide bonds. The summed E-state index contributed by atoms with van der Waals surface area (Å²) in [5.41, 5.74) is 2.88. The first-order chi connectivity index (χ1) is 14.7. The predicted octanol–water partition coefficient (Wildman–Crippen LogP) is 5.55. The summed E-state index contributed by atoms with van der Waals surface area (Å²) >= 11 is 0. The molecule has 1 unspecified atom stereocenters. The van der Waals surface area contributed by atoms with Crippen molar-refractivity contribution in [2.45, 2.75) is 83.8 Å². The van der Waals surface area contributed by atoms with E-state index in [2.05, 4.69) is 31.2 Å². The molecule has 1 N–H and O–H groups in total. The van der Waals surface area contributed by atoms with Gasteiger partial charge < -0.3 is 19.3 Å². The molecule has 0 bridgehead atoms. The van der Waals surface area contributed by atoms with Crippen LogP contribution in [0.4, 0.5) is 0 Å². The lowest BCUT2D eigenvalue weighted by Gasteiger charge is -2.30. The second kappa shape index (κ2) is 15.8. The van der Waals surface area contributed by atoms with Gasteiger partial charge in [-0.3, -0.25) is 0 Å². The lowest BCUT2D eigenvalue weighted by atomic mass is 9.97.